The first kappa shape index (κ1) is 20.0. The van der Waals surface area contributed by atoms with E-state index in [-0.39, 0.29) is 12.5 Å². The van der Waals surface area contributed by atoms with E-state index < -0.39 is 0 Å². The van der Waals surface area contributed by atoms with Crippen molar-refractivity contribution in [2.24, 2.45) is 0 Å². The number of amides is 1. The summed E-state index contributed by atoms with van der Waals surface area (Å²) in [5, 5.41) is 14.4. The number of carbonyl (C=O) groups is 1. The molecule has 0 bridgehead atoms. The number of nitrogens with zero attached hydrogens (tertiary/aromatic N) is 3. The molecule has 0 aliphatic heterocycles. The van der Waals surface area contributed by atoms with Gasteiger partial charge in [0.2, 0.25) is 0 Å². The molecular weight excluding hydrogens is 404 g/mol. The number of ether oxygens (including phenoxy) is 1. The molecule has 0 atom stereocenters. The van der Waals surface area contributed by atoms with Crippen LogP contribution in [0.3, 0.4) is 0 Å². The maximum absolute atomic E-state index is 12.0. The van der Waals surface area contributed by atoms with E-state index in [1.807, 2.05) is 49.4 Å². The molecule has 1 fully saturated rings. The van der Waals surface area contributed by atoms with E-state index in [2.05, 4.69) is 25.8 Å². The molecule has 1 aliphatic rings. The first-order chi connectivity index (χ1) is 15.6. The molecule has 8 heteroatoms. The van der Waals surface area contributed by atoms with Crippen LogP contribution in [0.4, 0.5) is 11.5 Å². The van der Waals surface area contributed by atoms with Crippen LogP contribution in [-0.2, 0) is 4.79 Å². The Hall–Kier alpha value is -3.94. The van der Waals surface area contributed by atoms with E-state index in [0.717, 1.165) is 46.4 Å². The number of hydrogen-bond donors (Lipinski definition) is 3. The Balaban J connectivity index is 1.31. The van der Waals surface area contributed by atoms with Crippen LogP contribution in [0.5, 0.6) is 5.75 Å². The van der Waals surface area contributed by atoms with Gasteiger partial charge in [-0.2, -0.15) is 5.10 Å². The quantitative estimate of drug-likeness (QED) is 0.409. The average Bonchev–Trinajstić information content (AvgIpc) is 3.24. The zero-order chi connectivity index (χ0) is 21.9. The van der Waals surface area contributed by atoms with Crippen LogP contribution < -0.4 is 15.4 Å². The topological polar surface area (TPSA) is 105 Å². The SMILES string of the molecule is Cc1cnc(-c2cccc(OCC(=O)NC3CCC3)c2)nc1Nc1ccc2[nH]ncc2c1. The van der Waals surface area contributed by atoms with Crippen LogP contribution in [-0.4, -0.2) is 38.7 Å². The summed E-state index contributed by atoms with van der Waals surface area (Å²) < 4.78 is 5.69. The van der Waals surface area contributed by atoms with E-state index in [1.54, 1.807) is 12.4 Å². The molecule has 32 heavy (non-hydrogen) atoms. The number of carbonyl (C=O) groups excluding carboxylic acids is 1. The lowest BCUT2D eigenvalue weighted by Gasteiger charge is -2.26. The van der Waals surface area contributed by atoms with Crippen LogP contribution in [0.2, 0.25) is 0 Å². The third-order valence-electron chi connectivity index (χ3n) is 5.61. The van der Waals surface area contributed by atoms with Gasteiger partial charge in [0.25, 0.3) is 5.91 Å². The summed E-state index contributed by atoms with van der Waals surface area (Å²) in [6.07, 6.45) is 6.87. The average molecular weight is 428 g/mol. The van der Waals surface area contributed by atoms with Crippen LogP contribution in [0.15, 0.2) is 54.9 Å². The van der Waals surface area contributed by atoms with E-state index in [0.29, 0.717) is 17.6 Å². The van der Waals surface area contributed by atoms with Crippen molar-refractivity contribution in [3.8, 4) is 17.1 Å². The van der Waals surface area contributed by atoms with Crippen molar-refractivity contribution in [3.63, 3.8) is 0 Å². The van der Waals surface area contributed by atoms with Gasteiger partial charge >= 0.3 is 0 Å². The number of aromatic nitrogens is 4. The predicted octanol–water partition coefficient (Wildman–Crippen LogP) is 4.12. The number of hydrogen-bond acceptors (Lipinski definition) is 6. The second-order valence-electron chi connectivity index (χ2n) is 8.03. The molecule has 162 valence electrons. The molecule has 1 saturated carbocycles. The summed E-state index contributed by atoms with van der Waals surface area (Å²) >= 11 is 0. The van der Waals surface area contributed by atoms with Crippen molar-refractivity contribution in [2.75, 3.05) is 11.9 Å². The fourth-order valence-corrected chi connectivity index (χ4v) is 3.56. The Morgan fingerprint density at radius 1 is 1.19 bits per heavy atom. The van der Waals surface area contributed by atoms with Crippen molar-refractivity contribution >= 4 is 28.3 Å². The van der Waals surface area contributed by atoms with E-state index in [1.165, 1.54) is 6.42 Å². The normalized spacial score (nSPS) is 13.5. The first-order valence-electron chi connectivity index (χ1n) is 10.7. The lowest BCUT2D eigenvalue weighted by atomic mass is 9.93. The number of H-pyrrole nitrogens is 1. The highest BCUT2D eigenvalue weighted by Crippen LogP contribution is 2.26. The highest BCUT2D eigenvalue weighted by Gasteiger charge is 2.19. The van der Waals surface area contributed by atoms with Gasteiger partial charge in [0.1, 0.15) is 11.6 Å². The summed E-state index contributed by atoms with van der Waals surface area (Å²) in [4.78, 5) is 21.2. The lowest BCUT2D eigenvalue weighted by Crippen LogP contribution is -2.41. The van der Waals surface area contributed by atoms with Crippen molar-refractivity contribution in [3.05, 3.63) is 60.4 Å². The molecule has 1 aliphatic carbocycles. The maximum atomic E-state index is 12.0. The largest absolute Gasteiger partial charge is 0.484 e. The zero-order valence-electron chi connectivity index (χ0n) is 17.8. The van der Waals surface area contributed by atoms with Crippen molar-refractivity contribution in [1.29, 1.82) is 0 Å². The fourth-order valence-electron chi connectivity index (χ4n) is 3.56. The minimum atomic E-state index is -0.0900. The molecule has 4 aromatic rings. The fraction of sp³-hybridized carbons (Fsp3) is 0.250. The predicted molar refractivity (Wildman–Crippen MR) is 123 cm³/mol. The molecule has 2 aromatic carbocycles. The molecule has 2 aromatic heterocycles. The molecule has 1 amide bonds. The third-order valence-corrected chi connectivity index (χ3v) is 5.61. The van der Waals surface area contributed by atoms with Crippen molar-refractivity contribution in [2.45, 2.75) is 32.2 Å². The Kier molecular flexibility index (Phi) is 5.41. The van der Waals surface area contributed by atoms with Crippen LogP contribution in [0.1, 0.15) is 24.8 Å². The monoisotopic (exact) mass is 428 g/mol. The van der Waals surface area contributed by atoms with Gasteiger partial charge < -0.3 is 15.4 Å². The summed E-state index contributed by atoms with van der Waals surface area (Å²) in [6, 6.07) is 13.7. The highest BCUT2D eigenvalue weighted by atomic mass is 16.5. The molecule has 0 saturated heterocycles. The number of aryl methyl sites for hydroxylation is 1. The summed E-state index contributed by atoms with van der Waals surface area (Å²) in [7, 11) is 0. The van der Waals surface area contributed by atoms with Gasteiger partial charge in [0.15, 0.2) is 12.4 Å². The van der Waals surface area contributed by atoms with E-state index in [4.69, 9.17) is 9.72 Å². The van der Waals surface area contributed by atoms with Crippen LogP contribution >= 0.6 is 0 Å². The number of rotatable bonds is 7. The maximum Gasteiger partial charge on any atom is 0.258 e. The molecule has 0 unspecified atom stereocenters. The first-order valence-corrected chi connectivity index (χ1v) is 10.7. The standard InChI is InChI=1S/C24H24N6O2/c1-15-12-25-24(29-23(15)28-19-8-9-21-17(10-19)13-26-30-21)16-4-2-7-20(11-16)32-14-22(31)27-18-5-3-6-18/h2,4,7-13,18H,3,5-6,14H2,1H3,(H,26,30)(H,27,31)(H,25,28,29). The highest BCUT2D eigenvalue weighted by molar-refractivity contribution is 5.83. The van der Waals surface area contributed by atoms with Gasteiger partial charge in [-0.15, -0.1) is 0 Å². The van der Waals surface area contributed by atoms with E-state index >= 15 is 0 Å². The Morgan fingerprint density at radius 3 is 2.94 bits per heavy atom. The van der Waals surface area contributed by atoms with Crippen molar-refractivity contribution < 1.29 is 9.53 Å². The van der Waals surface area contributed by atoms with E-state index in [9.17, 15) is 4.79 Å². The number of anilines is 2. The molecule has 2 heterocycles. The summed E-state index contributed by atoms with van der Waals surface area (Å²) in [5.74, 6) is 1.82. The second kappa shape index (κ2) is 8.66. The minimum absolute atomic E-state index is 0.00198. The Morgan fingerprint density at radius 2 is 2.09 bits per heavy atom. The zero-order valence-corrected chi connectivity index (χ0v) is 17.8. The molecule has 5 rings (SSSR count). The van der Waals surface area contributed by atoms with Gasteiger partial charge in [0, 0.05) is 34.4 Å². The summed E-state index contributed by atoms with van der Waals surface area (Å²) in [5.41, 5.74) is 3.64. The molecule has 8 nitrogen and oxygen atoms in total. The van der Waals surface area contributed by atoms with Gasteiger partial charge in [0.05, 0.1) is 11.7 Å². The number of benzene rings is 2. The molecule has 3 N–H and O–H groups in total. The number of nitrogens with one attached hydrogen (secondary N) is 3. The minimum Gasteiger partial charge on any atom is -0.484 e. The second-order valence-corrected chi connectivity index (χ2v) is 8.03. The molecule has 0 radical (unpaired) electrons. The Bertz CT molecular complexity index is 1260. The lowest BCUT2D eigenvalue weighted by molar-refractivity contribution is -0.124. The number of aromatic amines is 1. The molecular formula is C24H24N6O2. The van der Waals surface area contributed by atoms with Gasteiger partial charge in [-0.3, -0.25) is 9.89 Å². The molecule has 0 spiro atoms. The van der Waals surface area contributed by atoms with Gasteiger partial charge in [-0.05, 0) is 56.5 Å². The Labute approximate surface area is 185 Å². The van der Waals surface area contributed by atoms with Crippen LogP contribution in [0, 0.1) is 6.92 Å². The van der Waals surface area contributed by atoms with Gasteiger partial charge in [-0.1, -0.05) is 12.1 Å². The summed E-state index contributed by atoms with van der Waals surface area (Å²) in [6.45, 7) is 1.96. The number of fused-ring (bicyclic) bond motifs is 1. The smallest absolute Gasteiger partial charge is 0.258 e. The third kappa shape index (κ3) is 4.39. The van der Waals surface area contributed by atoms with Gasteiger partial charge in [-0.25, -0.2) is 9.97 Å². The van der Waals surface area contributed by atoms with Crippen LogP contribution in [0.25, 0.3) is 22.3 Å². The van der Waals surface area contributed by atoms with Crippen molar-refractivity contribution in [1.82, 2.24) is 25.5 Å².